The molecule has 0 amide bonds. The predicted molar refractivity (Wildman–Crippen MR) is 163 cm³/mol. The summed E-state index contributed by atoms with van der Waals surface area (Å²) in [6, 6.07) is 16.6. The van der Waals surface area contributed by atoms with Gasteiger partial charge in [-0.2, -0.15) is 0 Å². The highest BCUT2D eigenvalue weighted by molar-refractivity contribution is 7.10. The first-order valence-electron chi connectivity index (χ1n) is 13.4. The van der Waals surface area contributed by atoms with Crippen molar-refractivity contribution < 1.29 is 0 Å². The van der Waals surface area contributed by atoms with Crippen LogP contribution in [0.5, 0.6) is 0 Å². The van der Waals surface area contributed by atoms with Crippen molar-refractivity contribution in [1.82, 2.24) is 19.9 Å². The lowest BCUT2D eigenvalue weighted by molar-refractivity contribution is 1.17. The number of anilines is 8. The van der Waals surface area contributed by atoms with E-state index in [9.17, 15) is 0 Å². The van der Waals surface area contributed by atoms with Crippen LogP contribution in [0, 0.1) is 0 Å². The van der Waals surface area contributed by atoms with Gasteiger partial charge in [0.05, 0.1) is 22.7 Å². The minimum atomic E-state index is -0.225. The molecule has 9 rings (SSSR count). The average molecular weight is 524 g/mol. The maximum Gasteiger partial charge on any atom is 0.487 e. The molecule has 40 heavy (non-hydrogen) atoms. The van der Waals surface area contributed by atoms with Gasteiger partial charge in [0, 0.05) is 24.8 Å². The zero-order valence-electron chi connectivity index (χ0n) is 22.6. The first-order chi connectivity index (χ1) is 19.6. The van der Waals surface area contributed by atoms with E-state index in [1.807, 2.05) is 49.1 Å². The third-order valence-corrected chi connectivity index (χ3v) is 8.94. The van der Waals surface area contributed by atoms with Crippen LogP contribution in [0.3, 0.4) is 0 Å². The molecule has 16 heteroatoms. The smallest absolute Gasteiger partial charge is 0.377 e. The molecular formula is C24H24B4N12. The summed E-state index contributed by atoms with van der Waals surface area (Å²) in [6.07, 6.45) is 7.52. The fraction of sp³-hybridized carbons (Fsp3) is 0.167. The first-order valence-corrected chi connectivity index (χ1v) is 13.4. The van der Waals surface area contributed by atoms with Crippen molar-refractivity contribution >= 4 is 74.5 Å². The lowest BCUT2D eigenvalue weighted by atomic mass is 9.56. The Balaban J connectivity index is 1.38. The quantitative estimate of drug-likeness (QED) is 0.312. The molecule has 4 aromatic heterocycles. The number of pyridine rings is 4. The van der Waals surface area contributed by atoms with E-state index in [0.717, 1.165) is 46.0 Å². The Kier molecular flexibility index (Phi) is 4.13. The summed E-state index contributed by atoms with van der Waals surface area (Å²) in [4.78, 5) is 29.1. The maximum atomic E-state index is 4.97. The van der Waals surface area contributed by atoms with Gasteiger partial charge in [-0.25, -0.2) is 19.9 Å². The van der Waals surface area contributed by atoms with E-state index in [1.54, 1.807) is 0 Å². The highest BCUT2D eigenvalue weighted by atomic mass is 15.6. The molecule has 1 saturated heterocycles. The Morgan fingerprint density at radius 2 is 0.625 bits per heavy atom. The minimum Gasteiger partial charge on any atom is -0.377 e. The van der Waals surface area contributed by atoms with E-state index in [0.29, 0.717) is 0 Å². The van der Waals surface area contributed by atoms with E-state index < -0.39 is 0 Å². The fourth-order valence-electron chi connectivity index (χ4n) is 7.33. The van der Waals surface area contributed by atoms with E-state index in [4.69, 9.17) is 19.9 Å². The molecule has 1 fully saturated rings. The Hall–Kier alpha value is -4.74. The molecule has 12 nitrogen and oxygen atoms in total. The van der Waals surface area contributed by atoms with Crippen LogP contribution in [0.2, 0.25) is 0 Å². The zero-order chi connectivity index (χ0) is 26.9. The molecule has 0 spiro atoms. The van der Waals surface area contributed by atoms with Gasteiger partial charge >= 0.3 is 28.5 Å². The minimum absolute atomic E-state index is 0.225. The molecule has 0 aromatic carbocycles. The van der Waals surface area contributed by atoms with E-state index >= 15 is 0 Å². The molecule has 5 aliphatic heterocycles. The molecule has 0 radical (unpaired) electrons. The fourth-order valence-corrected chi connectivity index (χ4v) is 7.33. The SMILES string of the molecule is CN1B2N(B3N(C)c4cccnc4N3B3N(C)c4cccnc4N3B3N(C)c4cccnc4N23)c2ncccc21. The van der Waals surface area contributed by atoms with E-state index in [-0.39, 0.29) is 28.5 Å². The van der Waals surface area contributed by atoms with Gasteiger partial charge in [-0.3, -0.25) is 0 Å². The van der Waals surface area contributed by atoms with Gasteiger partial charge in [-0.1, -0.05) is 0 Å². The van der Waals surface area contributed by atoms with Crippen LogP contribution in [0.1, 0.15) is 0 Å². The van der Waals surface area contributed by atoms with Crippen LogP contribution < -0.4 is 38.1 Å². The Morgan fingerprint density at radius 3 is 0.850 bits per heavy atom. The van der Waals surface area contributed by atoms with Crippen molar-refractivity contribution in [2.75, 3.05) is 66.3 Å². The summed E-state index contributed by atoms with van der Waals surface area (Å²) >= 11 is 0. The lowest BCUT2D eigenvalue weighted by Gasteiger charge is -2.49. The summed E-state index contributed by atoms with van der Waals surface area (Å²) in [6.45, 7) is 0. The Bertz CT molecular complexity index is 1430. The number of hydrogen-bond acceptors (Lipinski definition) is 12. The van der Waals surface area contributed by atoms with Gasteiger partial charge in [-0.15, -0.1) is 0 Å². The van der Waals surface area contributed by atoms with Gasteiger partial charge in [-0.05, 0) is 76.7 Å². The third kappa shape index (κ3) is 2.43. The Morgan fingerprint density at radius 1 is 0.400 bits per heavy atom. The van der Waals surface area contributed by atoms with Crippen molar-refractivity contribution in [3.05, 3.63) is 73.3 Å². The predicted octanol–water partition coefficient (Wildman–Crippen LogP) is 1.35. The van der Waals surface area contributed by atoms with Crippen LogP contribution in [0.15, 0.2) is 73.3 Å². The van der Waals surface area contributed by atoms with Crippen LogP contribution in [0.25, 0.3) is 0 Å². The van der Waals surface area contributed by atoms with Gasteiger partial charge in [0.2, 0.25) is 0 Å². The summed E-state index contributed by atoms with van der Waals surface area (Å²) in [5.74, 6) is 3.72. The first kappa shape index (κ1) is 22.1. The monoisotopic (exact) mass is 524 g/mol. The average Bonchev–Trinajstić information content (AvgIpc) is 3.63. The second-order valence-corrected chi connectivity index (χ2v) is 10.8. The Labute approximate surface area is 234 Å². The highest BCUT2D eigenvalue weighted by Crippen LogP contribution is 2.51. The number of fused-ring (bicyclic) bond motifs is 16. The highest BCUT2D eigenvalue weighted by Gasteiger charge is 2.69. The van der Waals surface area contributed by atoms with Crippen LogP contribution >= 0.6 is 0 Å². The number of nitrogens with zero attached hydrogens (tertiary/aromatic N) is 12. The molecule has 0 N–H and O–H groups in total. The molecule has 0 aliphatic carbocycles. The second-order valence-electron chi connectivity index (χ2n) is 10.8. The summed E-state index contributed by atoms with van der Waals surface area (Å²) in [5.41, 5.74) is 4.29. The maximum absolute atomic E-state index is 4.97. The summed E-state index contributed by atoms with van der Waals surface area (Å²) in [5, 5.41) is 0. The normalized spacial score (nSPS) is 17.9. The van der Waals surface area contributed by atoms with Crippen LogP contribution in [0.4, 0.5) is 46.0 Å². The van der Waals surface area contributed by atoms with Crippen LogP contribution in [-0.2, 0) is 0 Å². The number of rotatable bonds is 0. The van der Waals surface area contributed by atoms with Crippen molar-refractivity contribution in [1.29, 1.82) is 0 Å². The molecule has 0 atom stereocenters. The van der Waals surface area contributed by atoms with Crippen LogP contribution in [-0.4, -0.2) is 76.6 Å². The van der Waals surface area contributed by atoms with Crippen molar-refractivity contribution in [3.63, 3.8) is 0 Å². The third-order valence-electron chi connectivity index (χ3n) is 8.94. The standard InChI is InChI=1S/C24H24B4N12/c1-33-17-9-5-13-29-21(17)37-25(33)38-22-18(10-6-14-30-22)34(2)27(38)40-24-20(12-8-16-32-24)36(4)28(40)39-23-19(11-7-15-31-23)35(3)26(37)39/h5-16H,1-4H3. The van der Waals surface area contributed by atoms with Crippen molar-refractivity contribution in [3.8, 4) is 0 Å². The van der Waals surface area contributed by atoms with Crippen molar-refractivity contribution in [2.45, 2.75) is 0 Å². The molecule has 4 aromatic rings. The van der Waals surface area contributed by atoms with Gasteiger partial charge in [0.25, 0.3) is 0 Å². The molecule has 0 saturated carbocycles. The van der Waals surface area contributed by atoms with Gasteiger partial charge in [0.15, 0.2) is 0 Å². The molecule has 0 unspecified atom stereocenters. The summed E-state index contributed by atoms with van der Waals surface area (Å²) < 4.78 is 9.68. The zero-order valence-corrected chi connectivity index (χ0v) is 22.6. The lowest BCUT2D eigenvalue weighted by Crippen LogP contribution is -2.84. The topological polar surface area (TPSA) is 77.5 Å². The van der Waals surface area contributed by atoms with Gasteiger partial charge in [0.1, 0.15) is 23.3 Å². The van der Waals surface area contributed by atoms with E-state index in [1.165, 1.54) is 0 Å². The van der Waals surface area contributed by atoms with Crippen molar-refractivity contribution in [2.24, 2.45) is 0 Å². The number of aromatic nitrogens is 4. The molecule has 9 heterocycles. The number of hydrogen-bond donors (Lipinski definition) is 0. The second kappa shape index (κ2) is 7.46. The summed E-state index contributed by atoms with van der Waals surface area (Å²) in [7, 11) is 7.69. The largest absolute Gasteiger partial charge is 0.487 e. The molecular weight excluding hydrogens is 500 g/mol. The van der Waals surface area contributed by atoms with Gasteiger partial charge < -0.3 is 38.1 Å². The van der Waals surface area contributed by atoms with E-state index in [2.05, 4.69) is 90.6 Å². The molecule has 0 bridgehead atoms. The molecule has 192 valence electrons. The molecule has 5 aliphatic rings.